The molecule has 100 valence electrons. The molecule has 18 heavy (non-hydrogen) atoms. The topological polar surface area (TPSA) is 70.2 Å². The van der Waals surface area contributed by atoms with Crippen LogP contribution in [0.2, 0.25) is 0 Å². The van der Waals surface area contributed by atoms with E-state index in [1.807, 2.05) is 21.0 Å². The zero-order valence-electron chi connectivity index (χ0n) is 11.4. The Morgan fingerprint density at radius 3 is 2.61 bits per heavy atom. The van der Waals surface area contributed by atoms with Crippen molar-refractivity contribution >= 4 is 11.7 Å². The van der Waals surface area contributed by atoms with Crippen LogP contribution in [0.4, 0.5) is 5.82 Å². The third kappa shape index (κ3) is 4.29. The number of hydrogen-bond acceptors (Lipinski definition) is 5. The maximum Gasteiger partial charge on any atom is 0.271 e. The van der Waals surface area contributed by atoms with Gasteiger partial charge in [-0.05, 0) is 40.1 Å². The Kier molecular flexibility index (Phi) is 5.51. The molecular weight excluding hydrogens is 230 g/mol. The van der Waals surface area contributed by atoms with Crippen molar-refractivity contribution in [2.45, 2.75) is 19.9 Å². The molecule has 2 N–H and O–H groups in total. The molecule has 0 radical (unpaired) electrons. The van der Waals surface area contributed by atoms with E-state index >= 15 is 0 Å². The van der Waals surface area contributed by atoms with Gasteiger partial charge in [0.2, 0.25) is 0 Å². The van der Waals surface area contributed by atoms with Crippen LogP contribution in [-0.4, -0.2) is 54.2 Å². The summed E-state index contributed by atoms with van der Waals surface area (Å²) in [7, 11) is 4.05. The second-order valence-electron chi connectivity index (χ2n) is 4.36. The quantitative estimate of drug-likeness (QED) is 0.774. The van der Waals surface area contributed by atoms with Gasteiger partial charge in [0, 0.05) is 19.1 Å². The fourth-order valence-electron chi connectivity index (χ4n) is 1.23. The van der Waals surface area contributed by atoms with Crippen LogP contribution in [-0.2, 0) is 0 Å². The molecule has 0 bridgehead atoms. The first kappa shape index (κ1) is 14.4. The van der Waals surface area contributed by atoms with Crippen LogP contribution in [0, 0.1) is 0 Å². The van der Waals surface area contributed by atoms with Crippen LogP contribution in [0.1, 0.15) is 24.3 Å². The fraction of sp³-hybridized carbons (Fsp3) is 0.583. The molecule has 0 saturated heterocycles. The Morgan fingerprint density at radius 1 is 1.39 bits per heavy atom. The van der Waals surface area contributed by atoms with Crippen LogP contribution in [0.15, 0.2) is 12.1 Å². The molecule has 0 spiro atoms. The molecule has 0 aliphatic rings. The predicted octanol–water partition coefficient (Wildman–Crippen LogP) is 0.588. The largest absolute Gasteiger partial charge is 0.367 e. The number of nitrogens with one attached hydrogen (secondary N) is 2. The molecule has 0 aliphatic heterocycles. The van der Waals surface area contributed by atoms with Crippen molar-refractivity contribution in [3.05, 3.63) is 17.8 Å². The molecule has 1 unspecified atom stereocenters. The number of carbonyl (C=O) groups is 1. The SMILES string of the molecule is CCNC(=O)c1ccc(NCC(C)N(C)C)nn1. The Hall–Kier alpha value is -1.69. The molecule has 1 amide bonds. The second-order valence-corrected chi connectivity index (χ2v) is 4.36. The van der Waals surface area contributed by atoms with Gasteiger partial charge in [-0.25, -0.2) is 0 Å². The number of aromatic nitrogens is 2. The van der Waals surface area contributed by atoms with Crippen molar-refractivity contribution in [3.63, 3.8) is 0 Å². The maximum absolute atomic E-state index is 11.5. The van der Waals surface area contributed by atoms with Gasteiger partial charge in [-0.1, -0.05) is 0 Å². The summed E-state index contributed by atoms with van der Waals surface area (Å²) in [6, 6.07) is 3.83. The van der Waals surface area contributed by atoms with Gasteiger partial charge in [0.1, 0.15) is 5.82 Å². The summed E-state index contributed by atoms with van der Waals surface area (Å²) in [6.07, 6.45) is 0. The van der Waals surface area contributed by atoms with Crippen molar-refractivity contribution < 1.29 is 4.79 Å². The molecule has 0 saturated carbocycles. The lowest BCUT2D eigenvalue weighted by Crippen LogP contribution is -2.31. The summed E-state index contributed by atoms with van der Waals surface area (Å²) in [5.41, 5.74) is 0.336. The number of hydrogen-bond donors (Lipinski definition) is 2. The van der Waals surface area contributed by atoms with Crippen molar-refractivity contribution in [2.75, 3.05) is 32.5 Å². The summed E-state index contributed by atoms with van der Waals surface area (Å²) < 4.78 is 0. The van der Waals surface area contributed by atoms with E-state index in [0.29, 0.717) is 24.1 Å². The van der Waals surface area contributed by atoms with Crippen LogP contribution in [0.25, 0.3) is 0 Å². The van der Waals surface area contributed by atoms with Crippen molar-refractivity contribution in [1.29, 1.82) is 0 Å². The van der Waals surface area contributed by atoms with E-state index in [4.69, 9.17) is 0 Å². The van der Waals surface area contributed by atoms with Gasteiger partial charge in [-0.2, -0.15) is 0 Å². The minimum Gasteiger partial charge on any atom is -0.367 e. The van der Waals surface area contributed by atoms with E-state index < -0.39 is 0 Å². The highest BCUT2D eigenvalue weighted by molar-refractivity contribution is 5.92. The van der Waals surface area contributed by atoms with E-state index in [1.54, 1.807) is 12.1 Å². The zero-order chi connectivity index (χ0) is 13.5. The van der Waals surface area contributed by atoms with Crippen LogP contribution >= 0.6 is 0 Å². The smallest absolute Gasteiger partial charge is 0.271 e. The number of nitrogens with zero attached hydrogens (tertiary/aromatic N) is 3. The Morgan fingerprint density at radius 2 is 2.11 bits per heavy atom. The van der Waals surface area contributed by atoms with E-state index in [2.05, 4.69) is 32.7 Å². The van der Waals surface area contributed by atoms with Gasteiger partial charge in [0.15, 0.2) is 5.69 Å². The third-order valence-electron chi connectivity index (χ3n) is 2.69. The summed E-state index contributed by atoms with van der Waals surface area (Å²) in [5, 5.41) is 13.7. The highest BCUT2D eigenvalue weighted by Gasteiger charge is 2.07. The predicted molar refractivity (Wildman–Crippen MR) is 71.7 cm³/mol. The lowest BCUT2D eigenvalue weighted by molar-refractivity contribution is 0.0950. The van der Waals surface area contributed by atoms with Crippen molar-refractivity contribution in [2.24, 2.45) is 0 Å². The van der Waals surface area contributed by atoms with Crippen molar-refractivity contribution in [1.82, 2.24) is 20.4 Å². The van der Waals surface area contributed by atoms with Gasteiger partial charge < -0.3 is 15.5 Å². The fourth-order valence-corrected chi connectivity index (χ4v) is 1.23. The van der Waals surface area contributed by atoms with Gasteiger partial charge in [0.25, 0.3) is 5.91 Å². The monoisotopic (exact) mass is 251 g/mol. The Balaban J connectivity index is 2.53. The van der Waals surface area contributed by atoms with E-state index in [-0.39, 0.29) is 5.91 Å². The van der Waals surface area contributed by atoms with Crippen LogP contribution in [0.3, 0.4) is 0 Å². The number of likely N-dealkylation sites (N-methyl/N-ethyl adjacent to an activating group) is 1. The molecule has 6 heteroatoms. The summed E-state index contributed by atoms with van der Waals surface area (Å²) in [5.74, 6) is 0.481. The first-order valence-electron chi connectivity index (χ1n) is 6.06. The summed E-state index contributed by atoms with van der Waals surface area (Å²) >= 11 is 0. The number of amides is 1. The lowest BCUT2D eigenvalue weighted by atomic mass is 10.3. The molecule has 0 fully saturated rings. The molecule has 1 atom stereocenters. The normalized spacial score (nSPS) is 12.3. The van der Waals surface area contributed by atoms with Crippen LogP contribution < -0.4 is 10.6 Å². The molecule has 6 nitrogen and oxygen atoms in total. The average molecular weight is 251 g/mol. The minimum absolute atomic E-state index is 0.196. The van der Waals surface area contributed by atoms with Gasteiger partial charge in [0.05, 0.1) is 0 Å². The summed E-state index contributed by atoms with van der Waals surface area (Å²) in [6.45, 7) is 5.34. The van der Waals surface area contributed by atoms with Crippen molar-refractivity contribution in [3.8, 4) is 0 Å². The number of rotatable bonds is 6. The first-order chi connectivity index (χ1) is 8.54. The van der Waals surface area contributed by atoms with Crippen LogP contribution in [0.5, 0.6) is 0 Å². The first-order valence-corrected chi connectivity index (χ1v) is 6.06. The molecule has 0 aromatic carbocycles. The molecule has 1 heterocycles. The minimum atomic E-state index is -0.196. The number of carbonyl (C=O) groups excluding carboxylic acids is 1. The zero-order valence-corrected chi connectivity index (χ0v) is 11.4. The van der Waals surface area contributed by atoms with E-state index in [9.17, 15) is 4.79 Å². The highest BCUT2D eigenvalue weighted by Crippen LogP contribution is 2.03. The highest BCUT2D eigenvalue weighted by atomic mass is 16.1. The average Bonchev–Trinajstić information content (AvgIpc) is 2.36. The molecule has 0 aliphatic carbocycles. The third-order valence-corrected chi connectivity index (χ3v) is 2.69. The van der Waals surface area contributed by atoms with Gasteiger partial charge >= 0.3 is 0 Å². The Labute approximate surface area is 108 Å². The Bertz CT molecular complexity index is 377. The maximum atomic E-state index is 11.5. The molecular formula is C12H21N5O. The van der Waals surface area contributed by atoms with Gasteiger partial charge in [-0.15, -0.1) is 10.2 Å². The van der Waals surface area contributed by atoms with E-state index in [0.717, 1.165) is 6.54 Å². The van der Waals surface area contributed by atoms with E-state index in [1.165, 1.54) is 0 Å². The second kappa shape index (κ2) is 6.90. The van der Waals surface area contributed by atoms with Gasteiger partial charge in [-0.3, -0.25) is 4.79 Å². The lowest BCUT2D eigenvalue weighted by Gasteiger charge is -2.20. The molecule has 1 aromatic heterocycles. The summed E-state index contributed by atoms with van der Waals surface area (Å²) in [4.78, 5) is 13.6. The molecule has 1 rings (SSSR count). The molecule has 1 aromatic rings. The standard InChI is InChI=1S/C12H21N5O/c1-5-13-12(18)10-6-7-11(16-15-10)14-8-9(2)17(3)4/h6-7,9H,5,8H2,1-4H3,(H,13,18)(H,14,16). The number of anilines is 1.